The van der Waals surface area contributed by atoms with Gasteiger partial charge in [-0.15, -0.1) is 0 Å². The molecule has 2 amide bonds. The fourth-order valence-electron chi connectivity index (χ4n) is 6.02. The van der Waals surface area contributed by atoms with E-state index in [9.17, 15) is 22.4 Å². The zero-order chi connectivity index (χ0) is 34.8. The van der Waals surface area contributed by atoms with Gasteiger partial charge < -0.3 is 15.0 Å². The molecule has 0 spiro atoms. The zero-order valence-electron chi connectivity index (χ0n) is 27.4. The van der Waals surface area contributed by atoms with Crippen LogP contribution in [0.3, 0.4) is 0 Å². The Morgan fingerprint density at radius 1 is 0.878 bits per heavy atom. The normalized spacial score (nSPS) is 14.1. The van der Waals surface area contributed by atoms with Gasteiger partial charge in [0.15, 0.2) is 0 Å². The third-order valence-corrected chi connectivity index (χ3v) is 10.9. The number of nitrogens with one attached hydrogen (secondary N) is 1. The first-order chi connectivity index (χ1) is 23.6. The predicted octanol–water partition coefficient (Wildman–Crippen LogP) is 7.27. The highest BCUT2D eigenvalue weighted by atomic mass is 79.9. The van der Waals surface area contributed by atoms with Crippen molar-refractivity contribution in [2.24, 2.45) is 0 Å². The summed E-state index contributed by atoms with van der Waals surface area (Å²) >= 11 is 3.46. The number of carbonyl (C=O) groups is 2. The summed E-state index contributed by atoms with van der Waals surface area (Å²) in [7, 11) is -4.36. The summed E-state index contributed by atoms with van der Waals surface area (Å²) in [5.74, 6) is -0.899. The number of hydrogen-bond acceptors (Lipinski definition) is 5. The van der Waals surface area contributed by atoms with Crippen molar-refractivity contribution in [1.82, 2.24) is 10.2 Å². The van der Waals surface area contributed by atoms with Crippen LogP contribution in [0, 0.1) is 5.82 Å². The number of nitrogens with zero attached hydrogens (tertiary/aromatic N) is 2. The molecule has 1 N–H and O–H groups in total. The highest BCUT2D eigenvalue weighted by molar-refractivity contribution is 9.10. The molecule has 1 atom stereocenters. The van der Waals surface area contributed by atoms with Crippen molar-refractivity contribution in [3.8, 4) is 5.75 Å². The van der Waals surface area contributed by atoms with Gasteiger partial charge in [0.2, 0.25) is 11.8 Å². The number of amides is 2. The van der Waals surface area contributed by atoms with Crippen molar-refractivity contribution in [3.05, 3.63) is 125 Å². The summed E-state index contributed by atoms with van der Waals surface area (Å²) in [4.78, 5) is 30.2. The third kappa shape index (κ3) is 9.70. The fourth-order valence-corrected chi connectivity index (χ4v) is 7.70. The molecular formula is C38H41BrFN3O5S. The lowest BCUT2D eigenvalue weighted by molar-refractivity contribution is -0.140. The molecule has 4 aromatic rings. The van der Waals surface area contributed by atoms with Crippen LogP contribution in [0.4, 0.5) is 10.1 Å². The van der Waals surface area contributed by atoms with Gasteiger partial charge in [0, 0.05) is 23.5 Å². The van der Waals surface area contributed by atoms with Gasteiger partial charge in [-0.2, -0.15) is 0 Å². The van der Waals surface area contributed by atoms with Gasteiger partial charge in [0.25, 0.3) is 10.0 Å². The Kier molecular flexibility index (Phi) is 12.5. The average Bonchev–Trinajstić information content (AvgIpc) is 3.11. The number of anilines is 1. The number of sulfonamides is 1. The van der Waals surface area contributed by atoms with E-state index in [1.165, 1.54) is 17.0 Å². The molecule has 1 aliphatic rings. The topological polar surface area (TPSA) is 96.0 Å². The molecule has 49 heavy (non-hydrogen) atoms. The van der Waals surface area contributed by atoms with Gasteiger partial charge in [0.1, 0.15) is 24.2 Å². The monoisotopic (exact) mass is 749 g/mol. The Labute approximate surface area is 296 Å². The van der Waals surface area contributed by atoms with E-state index < -0.39 is 34.3 Å². The van der Waals surface area contributed by atoms with Crippen LogP contribution in [-0.2, 0) is 32.6 Å². The minimum absolute atomic E-state index is 0.00311. The molecule has 1 aliphatic carbocycles. The predicted molar refractivity (Wildman–Crippen MR) is 192 cm³/mol. The molecular weight excluding hydrogens is 709 g/mol. The van der Waals surface area contributed by atoms with Crippen molar-refractivity contribution in [3.63, 3.8) is 0 Å². The van der Waals surface area contributed by atoms with Crippen molar-refractivity contribution >= 4 is 43.5 Å². The number of carbonyl (C=O) groups excluding carboxylic acids is 2. The standard InChI is InChI=1S/C38H41BrFN3O5S/c1-2-48-34-21-19-33(20-22-34)43(49(46,47)35-23-17-31(40)18-24-35)27-37(44)42(26-29-13-15-30(39)16-14-29)36(25-28-9-5-3-6-10-28)38(45)41-32-11-7-4-8-12-32/h3,5-6,9-10,13-24,32,36H,2,4,7-8,11-12,25-27H2,1H3,(H,41,45)/t36-/m1/s1. The van der Waals surface area contributed by atoms with E-state index in [1.807, 2.05) is 61.5 Å². The Bertz CT molecular complexity index is 1780. The second-order valence-electron chi connectivity index (χ2n) is 12.1. The SMILES string of the molecule is CCOc1ccc(N(CC(=O)N(Cc2ccc(Br)cc2)[C@H](Cc2ccccc2)C(=O)NC2CCCCC2)S(=O)(=O)c2ccc(F)cc2)cc1. The minimum atomic E-state index is -4.36. The number of halogens is 2. The molecule has 0 heterocycles. The summed E-state index contributed by atoms with van der Waals surface area (Å²) in [5.41, 5.74) is 1.85. The summed E-state index contributed by atoms with van der Waals surface area (Å²) < 4.78 is 49.6. The van der Waals surface area contributed by atoms with E-state index >= 15 is 0 Å². The van der Waals surface area contributed by atoms with Gasteiger partial charge >= 0.3 is 0 Å². The van der Waals surface area contributed by atoms with Crippen LogP contribution in [0.15, 0.2) is 112 Å². The lowest BCUT2D eigenvalue weighted by Crippen LogP contribution is -2.55. The minimum Gasteiger partial charge on any atom is -0.494 e. The lowest BCUT2D eigenvalue weighted by Gasteiger charge is -2.35. The van der Waals surface area contributed by atoms with Crippen LogP contribution in [0.1, 0.15) is 50.2 Å². The van der Waals surface area contributed by atoms with E-state index in [4.69, 9.17) is 4.74 Å². The molecule has 4 aromatic carbocycles. The van der Waals surface area contributed by atoms with Crippen LogP contribution in [0.25, 0.3) is 0 Å². The molecule has 5 rings (SSSR count). The second kappa shape index (κ2) is 16.9. The molecule has 0 bridgehead atoms. The van der Waals surface area contributed by atoms with Crippen LogP contribution in [0.5, 0.6) is 5.75 Å². The number of hydrogen-bond donors (Lipinski definition) is 1. The highest BCUT2D eigenvalue weighted by Gasteiger charge is 2.35. The quantitative estimate of drug-likeness (QED) is 0.146. The average molecular weight is 751 g/mol. The Hall–Kier alpha value is -4.22. The number of rotatable bonds is 14. The van der Waals surface area contributed by atoms with Gasteiger partial charge in [-0.25, -0.2) is 12.8 Å². The maximum atomic E-state index is 14.7. The van der Waals surface area contributed by atoms with E-state index in [2.05, 4.69) is 21.2 Å². The molecule has 258 valence electrons. The van der Waals surface area contributed by atoms with E-state index in [0.29, 0.717) is 12.4 Å². The molecule has 8 nitrogen and oxygen atoms in total. The van der Waals surface area contributed by atoms with Gasteiger partial charge in [-0.1, -0.05) is 77.7 Å². The molecule has 0 unspecified atom stereocenters. The largest absolute Gasteiger partial charge is 0.494 e. The highest BCUT2D eigenvalue weighted by Crippen LogP contribution is 2.28. The molecule has 0 radical (unpaired) electrons. The number of benzene rings is 4. The van der Waals surface area contributed by atoms with E-state index in [0.717, 1.165) is 64.1 Å². The van der Waals surface area contributed by atoms with Crippen LogP contribution < -0.4 is 14.4 Å². The molecule has 0 aliphatic heterocycles. The first kappa shape index (κ1) is 36.1. The lowest BCUT2D eigenvalue weighted by atomic mass is 9.94. The summed E-state index contributed by atoms with van der Waals surface area (Å²) in [6.45, 7) is 1.72. The Morgan fingerprint density at radius 3 is 2.16 bits per heavy atom. The number of ether oxygens (including phenoxy) is 1. The van der Waals surface area contributed by atoms with E-state index in [1.54, 1.807) is 24.3 Å². The maximum absolute atomic E-state index is 14.7. The van der Waals surface area contributed by atoms with Crippen molar-refractivity contribution in [2.45, 2.75) is 69.0 Å². The first-order valence-electron chi connectivity index (χ1n) is 16.5. The molecule has 1 fully saturated rings. The Balaban J connectivity index is 1.56. The first-order valence-corrected chi connectivity index (χ1v) is 18.8. The van der Waals surface area contributed by atoms with Crippen molar-refractivity contribution in [1.29, 1.82) is 0 Å². The van der Waals surface area contributed by atoms with Crippen molar-refractivity contribution in [2.75, 3.05) is 17.5 Å². The smallest absolute Gasteiger partial charge is 0.264 e. The molecule has 11 heteroatoms. The Morgan fingerprint density at radius 2 is 1.53 bits per heavy atom. The summed E-state index contributed by atoms with van der Waals surface area (Å²) in [5, 5.41) is 3.21. The van der Waals surface area contributed by atoms with Gasteiger partial charge in [-0.3, -0.25) is 13.9 Å². The maximum Gasteiger partial charge on any atom is 0.264 e. The van der Waals surface area contributed by atoms with Gasteiger partial charge in [-0.05, 0) is 91.6 Å². The molecule has 0 saturated heterocycles. The fraction of sp³-hybridized carbons (Fsp3) is 0.316. The van der Waals surface area contributed by atoms with Crippen LogP contribution in [0.2, 0.25) is 0 Å². The van der Waals surface area contributed by atoms with Gasteiger partial charge in [0.05, 0.1) is 17.2 Å². The third-order valence-electron chi connectivity index (χ3n) is 8.61. The van der Waals surface area contributed by atoms with Crippen LogP contribution in [-0.4, -0.2) is 50.4 Å². The van der Waals surface area contributed by atoms with Crippen LogP contribution >= 0.6 is 15.9 Å². The summed E-state index contributed by atoms with van der Waals surface area (Å²) in [6.07, 6.45) is 5.13. The molecule has 0 aromatic heterocycles. The zero-order valence-corrected chi connectivity index (χ0v) is 29.8. The van der Waals surface area contributed by atoms with E-state index in [-0.39, 0.29) is 35.5 Å². The van der Waals surface area contributed by atoms with Crippen molar-refractivity contribution < 1.29 is 27.1 Å². The summed E-state index contributed by atoms with van der Waals surface area (Å²) in [6, 6.07) is 26.9. The second-order valence-corrected chi connectivity index (χ2v) is 14.9. The molecule has 1 saturated carbocycles.